The summed E-state index contributed by atoms with van der Waals surface area (Å²) in [6, 6.07) is 2.39. The van der Waals surface area contributed by atoms with Gasteiger partial charge in [0, 0.05) is 30.5 Å². The van der Waals surface area contributed by atoms with Crippen molar-refractivity contribution in [3.05, 3.63) is 47.3 Å². The SMILES string of the molecule is Cc1cn2c(n1)nc(O[C@@H]1C[C@H]3C(=O)N[C@]4(C(=O)NS(=O)(=O)C5(CF)CC5)C[C@H]4/C=C\CC[C@@H](C)C[C@@H](C)[C@H](NC(=O)OC(C)(C)C(C)(F)F)C(=O)N3C1)c1cc(Cl)ccc12. The number of aromatic nitrogens is 3. The number of fused-ring (bicyclic) bond motifs is 5. The topological polar surface area (TPSA) is 190 Å². The standard InChI is InChI=1S/C41H51ClF3N7O8S/c1-22-9-7-8-10-25-18-41(25,35(55)50-61(57,58)40(21-43)13-14-40)49-32(53)30-17-27(59-33-28-16-26(42)11-12-29(28)52-19-24(3)46-36(52)48-33)20-51(30)34(54)31(23(2)15-22)47-37(56)60-38(4,5)39(6,44)45/h8,10-12,16,19,22-23,25,27,30-31H,7,9,13-15,17-18,20-21H2,1-6H3,(H,47,56)(H,49,53)(H,50,55)/b10-8-/t22-,23-,25-,27-,30+,31+,41-/m1/s1. The van der Waals surface area contributed by atoms with Gasteiger partial charge in [-0.15, -0.1) is 0 Å². The molecule has 1 aromatic carbocycles. The summed E-state index contributed by atoms with van der Waals surface area (Å²) in [5, 5.41) is 6.18. The Balaban J connectivity index is 1.26. The van der Waals surface area contributed by atoms with Gasteiger partial charge in [0.2, 0.25) is 33.5 Å². The minimum Gasteiger partial charge on any atom is -0.472 e. The largest absolute Gasteiger partial charge is 0.472 e. The van der Waals surface area contributed by atoms with Crippen molar-refractivity contribution in [1.82, 2.24) is 34.6 Å². The normalized spacial score (nSPS) is 28.8. The van der Waals surface area contributed by atoms with Gasteiger partial charge in [0.15, 0.2) is 5.60 Å². The first-order valence-electron chi connectivity index (χ1n) is 20.4. The zero-order chi connectivity index (χ0) is 44.4. The molecule has 2 aliphatic carbocycles. The molecule has 20 heteroatoms. The minimum atomic E-state index is -4.46. The van der Waals surface area contributed by atoms with Crippen LogP contribution < -0.4 is 20.1 Å². The number of aryl methyl sites for hydroxylation is 1. The molecule has 3 N–H and O–H groups in total. The van der Waals surface area contributed by atoms with Crippen molar-refractivity contribution in [2.24, 2.45) is 17.8 Å². The van der Waals surface area contributed by atoms with Crippen LogP contribution in [-0.4, -0.2) is 105 Å². The van der Waals surface area contributed by atoms with Crippen LogP contribution in [0.15, 0.2) is 36.5 Å². The summed E-state index contributed by atoms with van der Waals surface area (Å²) in [7, 11) is -4.46. The van der Waals surface area contributed by atoms with Crippen LogP contribution in [0.25, 0.3) is 16.7 Å². The molecule has 4 aliphatic rings. The lowest BCUT2D eigenvalue weighted by Gasteiger charge is -2.35. The number of sulfonamides is 1. The van der Waals surface area contributed by atoms with Gasteiger partial charge >= 0.3 is 6.09 Å². The first-order valence-corrected chi connectivity index (χ1v) is 22.3. The number of imidazole rings is 1. The summed E-state index contributed by atoms with van der Waals surface area (Å²) in [5.74, 6) is -6.88. The van der Waals surface area contributed by atoms with Gasteiger partial charge in [-0.1, -0.05) is 37.6 Å². The molecule has 2 saturated carbocycles. The predicted molar refractivity (Wildman–Crippen MR) is 218 cm³/mol. The van der Waals surface area contributed by atoms with E-state index in [9.17, 15) is 40.8 Å². The number of nitrogens with zero attached hydrogens (tertiary/aromatic N) is 4. The average molecular weight is 894 g/mol. The summed E-state index contributed by atoms with van der Waals surface area (Å²) in [6.07, 6.45) is 4.66. The highest BCUT2D eigenvalue weighted by molar-refractivity contribution is 7.91. The summed E-state index contributed by atoms with van der Waals surface area (Å²) in [6.45, 7) is 6.77. The molecule has 4 amide bonds. The second-order valence-electron chi connectivity index (χ2n) is 17.9. The molecule has 2 aliphatic heterocycles. The summed E-state index contributed by atoms with van der Waals surface area (Å²) < 4.78 is 83.1. The van der Waals surface area contributed by atoms with Crippen molar-refractivity contribution in [3.8, 4) is 5.88 Å². The lowest BCUT2D eigenvalue weighted by molar-refractivity contribution is -0.152. The Kier molecular flexibility index (Phi) is 11.6. The lowest BCUT2D eigenvalue weighted by Crippen LogP contribution is -2.60. The molecule has 7 rings (SSSR count). The number of alkyl halides is 3. The fourth-order valence-electron chi connectivity index (χ4n) is 8.26. The van der Waals surface area contributed by atoms with Gasteiger partial charge in [-0.3, -0.25) is 23.5 Å². The molecule has 2 aromatic heterocycles. The third-order valence-corrected chi connectivity index (χ3v) is 15.0. The second kappa shape index (κ2) is 15.9. The van der Waals surface area contributed by atoms with E-state index in [4.69, 9.17) is 21.1 Å². The number of carbonyl (C=O) groups is 4. The number of amides is 4. The van der Waals surface area contributed by atoms with Crippen LogP contribution in [-0.2, 0) is 29.1 Å². The number of ether oxygens (including phenoxy) is 2. The van der Waals surface area contributed by atoms with Gasteiger partial charge in [0.05, 0.1) is 23.1 Å². The van der Waals surface area contributed by atoms with Gasteiger partial charge in [0.25, 0.3) is 11.8 Å². The van der Waals surface area contributed by atoms with Crippen molar-refractivity contribution >= 4 is 62.1 Å². The summed E-state index contributed by atoms with van der Waals surface area (Å²) in [4.78, 5) is 67.2. The van der Waals surface area contributed by atoms with Crippen LogP contribution >= 0.6 is 11.6 Å². The molecule has 0 spiro atoms. The van der Waals surface area contributed by atoms with Crippen molar-refractivity contribution in [2.75, 3.05) is 13.2 Å². The van der Waals surface area contributed by atoms with Crippen molar-refractivity contribution in [1.29, 1.82) is 0 Å². The number of benzene rings is 1. The molecular formula is C41H51ClF3N7O8S. The number of hydrogen-bond donors (Lipinski definition) is 3. The number of rotatable bonds is 9. The van der Waals surface area contributed by atoms with E-state index in [1.54, 1.807) is 48.7 Å². The Labute approximate surface area is 356 Å². The van der Waals surface area contributed by atoms with Gasteiger partial charge in [-0.25, -0.2) is 31.4 Å². The van der Waals surface area contributed by atoms with Gasteiger partial charge in [-0.2, -0.15) is 4.98 Å². The number of carbonyl (C=O) groups excluding carboxylic acids is 4. The Morgan fingerprint density at radius 1 is 1.11 bits per heavy atom. The van der Waals surface area contributed by atoms with E-state index in [1.807, 2.05) is 17.7 Å². The van der Waals surface area contributed by atoms with Gasteiger partial charge in [0.1, 0.15) is 35.1 Å². The number of halogens is 4. The third kappa shape index (κ3) is 8.60. The molecule has 15 nitrogen and oxygen atoms in total. The van der Waals surface area contributed by atoms with Gasteiger partial charge in [-0.05, 0) is 89.3 Å². The maximum absolute atomic E-state index is 14.9. The van der Waals surface area contributed by atoms with E-state index in [2.05, 4.69) is 20.6 Å². The zero-order valence-electron chi connectivity index (χ0n) is 34.8. The lowest BCUT2D eigenvalue weighted by atomic mass is 9.88. The predicted octanol–water partition coefficient (Wildman–Crippen LogP) is 5.56. The third-order valence-electron chi connectivity index (χ3n) is 12.7. The Morgan fingerprint density at radius 2 is 1.84 bits per heavy atom. The molecular weight excluding hydrogens is 843 g/mol. The Bertz CT molecular complexity index is 2400. The number of nitrogens with one attached hydrogen (secondary N) is 3. The van der Waals surface area contributed by atoms with Crippen LogP contribution in [0.3, 0.4) is 0 Å². The number of allylic oxidation sites excluding steroid dienone is 1. The maximum Gasteiger partial charge on any atom is 0.408 e. The minimum absolute atomic E-state index is 0.0280. The zero-order valence-corrected chi connectivity index (χ0v) is 36.3. The first kappa shape index (κ1) is 44.4. The molecule has 0 radical (unpaired) electrons. The van der Waals surface area contributed by atoms with Crippen molar-refractivity contribution in [2.45, 2.75) is 126 Å². The van der Waals surface area contributed by atoms with E-state index in [1.165, 1.54) is 4.90 Å². The molecule has 332 valence electrons. The number of alkyl carbamates (subject to hydrolysis) is 1. The molecule has 3 fully saturated rings. The fraction of sp³-hybridized carbons (Fsp3) is 0.610. The Morgan fingerprint density at radius 3 is 2.51 bits per heavy atom. The van der Waals surface area contributed by atoms with Crippen LogP contribution in [0.4, 0.5) is 18.0 Å². The molecule has 7 atom stereocenters. The monoisotopic (exact) mass is 893 g/mol. The van der Waals surface area contributed by atoms with Gasteiger partial charge < -0.3 is 25.0 Å². The quantitative estimate of drug-likeness (QED) is 0.230. The fourth-order valence-corrected chi connectivity index (χ4v) is 9.86. The van der Waals surface area contributed by atoms with Crippen LogP contribution in [0.5, 0.6) is 5.88 Å². The second-order valence-corrected chi connectivity index (χ2v) is 20.4. The van der Waals surface area contributed by atoms with Crippen LogP contribution in [0, 0.1) is 24.7 Å². The molecule has 0 bridgehead atoms. The maximum atomic E-state index is 14.9. The molecule has 1 saturated heterocycles. The Hall–Kier alpha value is -4.65. The van der Waals surface area contributed by atoms with Crippen molar-refractivity contribution in [3.63, 3.8) is 0 Å². The summed E-state index contributed by atoms with van der Waals surface area (Å²) in [5.41, 5.74) is -2.67. The molecule has 3 aromatic rings. The first-order chi connectivity index (χ1) is 28.5. The highest BCUT2D eigenvalue weighted by Gasteiger charge is 2.64. The molecule has 0 unspecified atom stereocenters. The summed E-state index contributed by atoms with van der Waals surface area (Å²) >= 11 is 6.41. The number of hydrogen-bond acceptors (Lipinski definition) is 10. The average Bonchev–Trinajstić information content (AvgIpc) is 4.03. The van der Waals surface area contributed by atoms with E-state index < -0.39 is 92.3 Å². The van der Waals surface area contributed by atoms with E-state index in [0.29, 0.717) is 53.6 Å². The molecule has 4 heterocycles. The van der Waals surface area contributed by atoms with E-state index >= 15 is 0 Å². The van der Waals surface area contributed by atoms with Crippen LogP contribution in [0.1, 0.15) is 85.3 Å². The van der Waals surface area contributed by atoms with Crippen LogP contribution in [0.2, 0.25) is 5.02 Å². The smallest absolute Gasteiger partial charge is 0.408 e. The highest BCUT2D eigenvalue weighted by Crippen LogP contribution is 2.48. The van der Waals surface area contributed by atoms with Crippen molar-refractivity contribution < 1.29 is 50.2 Å². The van der Waals surface area contributed by atoms with E-state index in [0.717, 1.165) is 13.8 Å². The highest BCUT2D eigenvalue weighted by atomic mass is 35.5. The van der Waals surface area contributed by atoms with E-state index in [-0.39, 0.29) is 44.0 Å². The molecule has 61 heavy (non-hydrogen) atoms.